The van der Waals surface area contributed by atoms with Gasteiger partial charge in [0.05, 0.1) is 5.69 Å². The molecular formula is C25H24N4O2. The molecule has 4 aromatic rings. The summed E-state index contributed by atoms with van der Waals surface area (Å²) in [6, 6.07) is 19.4. The number of aromatic amines is 1. The lowest BCUT2D eigenvalue weighted by Crippen LogP contribution is -2.41. The van der Waals surface area contributed by atoms with E-state index in [1.807, 2.05) is 43.3 Å². The number of likely N-dealkylation sites (tertiary alicyclic amines) is 1. The fraction of sp³-hybridized carbons (Fsp3) is 0.240. The third-order valence-corrected chi connectivity index (χ3v) is 6.15. The first-order chi connectivity index (χ1) is 15.1. The molecule has 3 heterocycles. The Hall–Kier alpha value is -3.67. The van der Waals surface area contributed by atoms with E-state index in [0.29, 0.717) is 24.7 Å². The molecular weight excluding hydrogens is 388 g/mol. The molecule has 0 unspecified atom stereocenters. The van der Waals surface area contributed by atoms with Gasteiger partial charge in [0.15, 0.2) is 5.69 Å². The molecule has 0 bridgehead atoms. The van der Waals surface area contributed by atoms with Crippen molar-refractivity contribution in [3.8, 4) is 5.69 Å². The number of nitrogens with one attached hydrogen (secondary N) is 1. The lowest BCUT2D eigenvalue weighted by molar-refractivity contribution is 0.0704. The SMILES string of the molecule is Cc1cc(=O)c(C(=O)N2CCC(c3c[nH]c4ccccc34)CC2)nn1-c1ccccc1. The molecule has 0 aliphatic carbocycles. The zero-order chi connectivity index (χ0) is 21.4. The standard InChI is InChI=1S/C25H24N4O2/c1-17-15-23(30)24(27-29(17)19-7-3-2-4-8-19)25(31)28-13-11-18(12-14-28)21-16-26-22-10-6-5-9-20(21)22/h2-10,15-16,18,26H,11-14H2,1H3. The number of fused-ring (bicyclic) bond motifs is 1. The first kappa shape index (κ1) is 19.3. The van der Waals surface area contributed by atoms with Gasteiger partial charge in [0.1, 0.15) is 0 Å². The first-order valence-corrected chi connectivity index (χ1v) is 10.6. The minimum atomic E-state index is -0.326. The van der Waals surface area contributed by atoms with Crippen molar-refractivity contribution in [2.45, 2.75) is 25.7 Å². The number of para-hydroxylation sites is 2. The molecule has 0 spiro atoms. The van der Waals surface area contributed by atoms with Gasteiger partial charge < -0.3 is 9.88 Å². The number of rotatable bonds is 3. The Bertz CT molecular complexity index is 1300. The molecule has 2 aromatic carbocycles. The number of nitrogens with zero attached hydrogens (tertiary/aromatic N) is 3. The molecule has 1 N–H and O–H groups in total. The van der Waals surface area contributed by atoms with Gasteiger partial charge in [0.25, 0.3) is 5.91 Å². The van der Waals surface area contributed by atoms with Crippen LogP contribution < -0.4 is 5.43 Å². The fourth-order valence-electron chi connectivity index (χ4n) is 4.50. The van der Waals surface area contributed by atoms with Crippen molar-refractivity contribution in [1.82, 2.24) is 19.7 Å². The monoisotopic (exact) mass is 412 g/mol. The summed E-state index contributed by atoms with van der Waals surface area (Å²) >= 11 is 0. The second kappa shape index (κ2) is 7.87. The highest BCUT2D eigenvalue weighted by molar-refractivity contribution is 5.92. The largest absolute Gasteiger partial charge is 0.361 e. The van der Waals surface area contributed by atoms with E-state index in [-0.39, 0.29) is 17.0 Å². The van der Waals surface area contributed by atoms with Gasteiger partial charge in [-0.15, -0.1) is 0 Å². The number of aryl methyl sites for hydroxylation is 1. The van der Waals surface area contributed by atoms with E-state index in [2.05, 4.69) is 34.5 Å². The van der Waals surface area contributed by atoms with Crippen LogP contribution in [0.3, 0.4) is 0 Å². The van der Waals surface area contributed by atoms with E-state index in [1.165, 1.54) is 17.0 Å². The number of hydrogen-bond donors (Lipinski definition) is 1. The Morgan fingerprint density at radius 1 is 1.03 bits per heavy atom. The summed E-state index contributed by atoms with van der Waals surface area (Å²) in [5.74, 6) is 0.110. The molecule has 156 valence electrons. The zero-order valence-corrected chi connectivity index (χ0v) is 17.4. The third-order valence-electron chi connectivity index (χ3n) is 6.15. The van der Waals surface area contributed by atoms with Crippen LogP contribution in [0.1, 0.15) is 40.5 Å². The molecule has 0 atom stereocenters. The Balaban J connectivity index is 1.37. The maximum absolute atomic E-state index is 13.2. The summed E-state index contributed by atoms with van der Waals surface area (Å²) in [6.45, 7) is 3.05. The molecule has 6 nitrogen and oxygen atoms in total. The van der Waals surface area contributed by atoms with Crippen LogP contribution in [-0.4, -0.2) is 38.7 Å². The lowest BCUT2D eigenvalue weighted by Gasteiger charge is -2.31. The summed E-state index contributed by atoms with van der Waals surface area (Å²) in [5.41, 5.74) is 3.63. The Morgan fingerprint density at radius 2 is 1.74 bits per heavy atom. The van der Waals surface area contributed by atoms with Crippen LogP contribution in [0.4, 0.5) is 0 Å². The van der Waals surface area contributed by atoms with Gasteiger partial charge in [-0.3, -0.25) is 9.59 Å². The number of benzene rings is 2. The van der Waals surface area contributed by atoms with Gasteiger partial charge >= 0.3 is 0 Å². The van der Waals surface area contributed by atoms with Crippen LogP contribution in [0.15, 0.2) is 71.7 Å². The number of amides is 1. The number of aromatic nitrogens is 3. The number of piperidine rings is 1. The molecule has 2 aromatic heterocycles. The Kier molecular flexibility index (Phi) is 4.90. The Labute approximate surface area is 180 Å². The second-order valence-electron chi connectivity index (χ2n) is 8.10. The first-order valence-electron chi connectivity index (χ1n) is 10.6. The van der Waals surface area contributed by atoms with Crippen molar-refractivity contribution in [2.75, 3.05) is 13.1 Å². The van der Waals surface area contributed by atoms with E-state index in [0.717, 1.165) is 24.0 Å². The van der Waals surface area contributed by atoms with Crippen molar-refractivity contribution in [3.63, 3.8) is 0 Å². The predicted octanol–water partition coefficient (Wildman–Crippen LogP) is 4.04. The van der Waals surface area contributed by atoms with Crippen LogP contribution in [-0.2, 0) is 0 Å². The van der Waals surface area contributed by atoms with Gasteiger partial charge in [0.2, 0.25) is 5.43 Å². The molecule has 1 aliphatic rings. The molecule has 0 radical (unpaired) electrons. The highest BCUT2D eigenvalue weighted by Gasteiger charge is 2.28. The number of hydrogen-bond acceptors (Lipinski definition) is 3. The minimum absolute atomic E-state index is 0.0139. The summed E-state index contributed by atoms with van der Waals surface area (Å²) in [5, 5.41) is 5.68. The van der Waals surface area contributed by atoms with E-state index in [4.69, 9.17) is 0 Å². The van der Waals surface area contributed by atoms with Crippen molar-refractivity contribution in [1.29, 1.82) is 0 Å². The average molecular weight is 412 g/mol. The summed E-state index contributed by atoms with van der Waals surface area (Å²) in [7, 11) is 0. The van der Waals surface area contributed by atoms with Gasteiger partial charge in [-0.1, -0.05) is 36.4 Å². The smallest absolute Gasteiger partial charge is 0.278 e. The molecule has 1 amide bonds. The number of H-pyrrole nitrogens is 1. The van der Waals surface area contributed by atoms with E-state index < -0.39 is 0 Å². The van der Waals surface area contributed by atoms with E-state index >= 15 is 0 Å². The normalized spacial score (nSPS) is 14.8. The predicted molar refractivity (Wildman–Crippen MR) is 121 cm³/mol. The van der Waals surface area contributed by atoms with Crippen LogP contribution in [0.2, 0.25) is 0 Å². The van der Waals surface area contributed by atoms with Crippen molar-refractivity contribution >= 4 is 16.8 Å². The molecule has 6 heteroatoms. The van der Waals surface area contributed by atoms with Gasteiger partial charge in [-0.05, 0) is 49.4 Å². The molecule has 0 saturated carbocycles. The van der Waals surface area contributed by atoms with Crippen LogP contribution in [0.5, 0.6) is 0 Å². The highest BCUT2D eigenvalue weighted by atomic mass is 16.2. The molecule has 5 rings (SSSR count). The summed E-state index contributed by atoms with van der Waals surface area (Å²) in [4.78, 5) is 30.9. The lowest BCUT2D eigenvalue weighted by atomic mass is 9.89. The van der Waals surface area contributed by atoms with Gasteiger partial charge in [-0.2, -0.15) is 5.10 Å². The van der Waals surface area contributed by atoms with Gasteiger partial charge in [0, 0.05) is 41.9 Å². The highest BCUT2D eigenvalue weighted by Crippen LogP contribution is 2.33. The number of carbonyl (C=O) groups excluding carboxylic acids is 1. The van der Waals surface area contributed by atoms with Crippen molar-refractivity contribution in [2.24, 2.45) is 0 Å². The van der Waals surface area contributed by atoms with Crippen LogP contribution in [0, 0.1) is 6.92 Å². The Morgan fingerprint density at radius 3 is 2.52 bits per heavy atom. The fourth-order valence-corrected chi connectivity index (χ4v) is 4.50. The molecule has 1 aliphatic heterocycles. The van der Waals surface area contributed by atoms with E-state index in [1.54, 1.807) is 9.58 Å². The maximum Gasteiger partial charge on any atom is 0.278 e. The topological polar surface area (TPSA) is 71.0 Å². The summed E-state index contributed by atoms with van der Waals surface area (Å²) < 4.78 is 1.66. The molecule has 1 saturated heterocycles. The maximum atomic E-state index is 13.2. The average Bonchev–Trinajstić information content (AvgIpc) is 3.24. The summed E-state index contributed by atoms with van der Waals surface area (Å²) in [6.07, 6.45) is 3.82. The zero-order valence-electron chi connectivity index (χ0n) is 17.4. The number of carbonyl (C=O) groups is 1. The molecule has 31 heavy (non-hydrogen) atoms. The third kappa shape index (κ3) is 3.54. The van der Waals surface area contributed by atoms with Crippen LogP contribution >= 0.6 is 0 Å². The quantitative estimate of drug-likeness (QED) is 0.552. The minimum Gasteiger partial charge on any atom is -0.361 e. The van der Waals surface area contributed by atoms with Gasteiger partial charge in [-0.25, -0.2) is 4.68 Å². The van der Waals surface area contributed by atoms with Crippen LogP contribution in [0.25, 0.3) is 16.6 Å². The molecule has 1 fully saturated rings. The van der Waals surface area contributed by atoms with Crippen molar-refractivity contribution in [3.05, 3.63) is 94.0 Å². The van der Waals surface area contributed by atoms with Crippen molar-refractivity contribution < 1.29 is 4.79 Å². The second-order valence-corrected chi connectivity index (χ2v) is 8.10. The van der Waals surface area contributed by atoms with E-state index in [9.17, 15) is 9.59 Å².